The number of ether oxygens (including phenoxy) is 2. The monoisotopic (exact) mass is 255 g/mol. The molecule has 0 spiro atoms. The first-order valence-electron chi connectivity index (χ1n) is 6.68. The molecule has 18 heavy (non-hydrogen) atoms. The predicted octanol–water partition coefficient (Wildman–Crippen LogP) is 1.95. The quantitative estimate of drug-likeness (QED) is 0.708. The van der Waals surface area contributed by atoms with Gasteiger partial charge < -0.3 is 9.47 Å². The molecule has 1 aliphatic heterocycles. The lowest BCUT2D eigenvalue weighted by Crippen LogP contribution is -2.42. The van der Waals surface area contributed by atoms with Crippen LogP contribution in [0, 0.1) is 5.92 Å². The first kappa shape index (κ1) is 13.2. The zero-order valence-electron chi connectivity index (χ0n) is 11.1. The lowest BCUT2D eigenvalue weighted by Gasteiger charge is -2.29. The molecule has 3 atom stereocenters. The van der Waals surface area contributed by atoms with Gasteiger partial charge in [0.2, 0.25) is 0 Å². The van der Waals surface area contributed by atoms with Gasteiger partial charge in [0, 0.05) is 13.5 Å². The maximum absolute atomic E-state index is 11.9. The molecule has 1 aliphatic carbocycles. The van der Waals surface area contributed by atoms with Crippen LogP contribution in [-0.4, -0.2) is 42.8 Å². The molecule has 0 radical (unpaired) electrons. The summed E-state index contributed by atoms with van der Waals surface area (Å²) in [6.45, 7) is 2.57. The summed E-state index contributed by atoms with van der Waals surface area (Å²) in [6, 6.07) is -0.474. The number of carbonyl (C=O) groups is 2. The van der Waals surface area contributed by atoms with E-state index < -0.39 is 12.1 Å². The zero-order chi connectivity index (χ0) is 13.1. The number of hydrogen-bond donors (Lipinski definition) is 0. The maximum atomic E-state index is 11.9. The molecular formula is C13H21NO4. The summed E-state index contributed by atoms with van der Waals surface area (Å²) >= 11 is 0. The van der Waals surface area contributed by atoms with Gasteiger partial charge in [-0.15, -0.1) is 0 Å². The van der Waals surface area contributed by atoms with Gasteiger partial charge >= 0.3 is 12.1 Å². The summed E-state index contributed by atoms with van der Waals surface area (Å²) < 4.78 is 10.3. The third kappa shape index (κ3) is 2.94. The van der Waals surface area contributed by atoms with Crippen molar-refractivity contribution in [1.82, 2.24) is 4.90 Å². The van der Waals surface area contributed by atoms with Crippen LogP contribution in [0.25, 0.3) is 0 Å². The fraction of sp³-hybridized carbons (Fsp3) is 0.846. The summed E-state index contributed by atoms with van der Waals surface area (Å²) in [5.74, 6) is 0.282. The molecule has 1 heterocycles. The second-order valence-corrected chi connectivity index (χ2v) is 5.36. The predicted molar refractivity (Wildman–Crippen MR) is 65.0 cm³/mol. The van der Waals surface area contributed by atoms with Gasteiger partial charge in [0.05, 0.1) is 6.61 Å². The summed E-state index contributed by atoms with van der Waals surface area (Å²) in [6.07, 6.45) is 4.32. The van der Waals surface area contributed by atoms with Gasteiger partial charge in [-0.05, 0) is 25.2 Å². The molecule has 102 valence electrons. The molecule has 5 nitrogen and oxygen atoms in total. The summed E-state index contributed by atoms with van der Waals surface area (Å²) in [5, 5.41) is 0. The Balaban J connectivity index is 1.85. The average molecular weight is 255 g/mol. The van der Waals surface area contributed by atoms with Crippen LogP contribution in [0.5, 0.6) is 0 Å². The standard InChI is InChI=1S/C13H21NO4/c1-9-4-3-5-10(8-9)18-13(16)14(2)11-6-7-17-12(11)15/h9-11H,3-8H2,1-2H3. The SMILES string of the molecule is CC1CCCC(OC(=O)N(C)C2CCOC2=O)C1. The minimum atomic E-state index is -0.474. The van der Waals surface area contributed by atoms with E-state index in [4.69, 9.17) is 9.47 Å². The molecule has 0 N–H and O–H groups in total. The van der Waals surface area contributed by atoms with Crippen molar-refractivity contribution < 1.29 is 19.1 Å². The second-order valence-electron chi connectivity index (χ2n) is 5.36. The lowest BCUT2D eigenvalue weighted by molar-refractivity contribution is -0.141. The van der Waals surface area contributed by atoms with Crippen LogP contribution in [0.2, 0.25) is 0 Å². The van der Waals surface area contributed by atoms with E-state index in [1.165, 1.54) is 11.3 Å². The number of carbonyl (C=O) groups excluding carboxylic acids is 2. The fourth-order valence-corrected chi connectivity index (χ4v) is 2.68. The summed E-state index contributed by atoms with van der Waals surface area (Å²) in [7, 11) is 1.60. The van der Waals surface area contributed by atoms with E-state index in [1.54, 1.807) is 7.05 Å². The average Bonchev–Trinajstić information content (AvgIpc) is 2.74. The molecule has 2 aliphatic rings. The first-order chi connectivity index (χ1) is 8.58. The number of amides is 1. The molecule has 0 aromatic rings. The number of esters is 1. The smallest absolute Gasteiger partial charge is 0.410 e. The Hall–Kier alpha value is -1.26. The topological polar surface area (TPSA) is 55.8 Å². The highest BCUT2D eigenvalue weighted by atomic mass is 16.6. The van der Waals surface area contributed by atoms with Crippen molar-refractivity contribution in [2.75, 3.05) is 13.7 Å². The Bertz CT molecular complexity index is 331. The molecule has 0 bridgehead atoms. The molecular weight excluding hydrogens is 234 g/mol. The van der Waals surface area contributed by atoms with Crippen molar-refractivity contribution in [1.29, 1.82) is 0 Å². The molecule has 0 aromatic heterocycles. The summed E-state index contributed by atoms with van der Waals surface area (Å²) in [4.78, 5) is 24.7. The van der Waals surface area contributed by atoms with Gasteiger partial charge in [0.15, 0.2) is 0 Å². The van der Waals surface area contributed by atoms with E-state index in [9.17, 15) is 9.59 Å². The Morgan fingerprint density at radius 2 is 2.17 bits per heavy atom. The van der Waals surface area contributed by atoms with E-state index in [2.05, 4.69) is 6.92 Å². The first-order valence-corrected chi connectivity index (χ1v) is 6.68. The molecule has 3 unspecified atom stereocenters. The molecule has 2 rings (SSSR count). The molecule has 2 fully saturated rings. The van der Waals surface area contributed by atoms with Crippen molar-refractivity contribution in [3.8, 4) is 0 Å². The van der Waals surface area contributed by atoms with E-state index in [0.717, 1.165) is 19.3 Å². The highest BCUT2D eigenvalue weighted by molar-refractivity contribution is 5.82. The van der Waals surface area contributed by atoms with Gasteiger partial charge in [-0.25, -0.2) is 9.59 Å². The van der Waals surface area contributed by atoms with Crippen molar-refractivity contribution >= 4 is 12.1 Å². The van der Waals surface area contributed by atoms with Crippen molar-refractivity contribution in [2.45, 2.75) is 51.2 Å². The van der Waals surface area contributed by atoms with Gasteiger partial charge in [-0.3, -0.25) is 4.90 Å². The molecule has 1 saturated heterocycles. The van der Waals surface area contributed by atoms with Crippen LogP contribution in [-0.2, 0) is 14.3 Å². The number of cyclic esters (lactones) is 1. The van der Waals surface area contributed by atoms with Crippen molar-refractivity contribution in [3.05, 3.63) is 0 Å². The van der Waals surface area contributed by atoms with Crippen LogP contribution in [0.4, 0.5) is 4.79 Å². The highest BCUT2D eigenvalue weighted by Gasteiger charge is 2.34. The van der Waals surface area contributed by atoms with Crippen molar-refractivity contribution in [3.63, 3.8) is 0 Å². The number of nitrogens with zero attached hydrogens (tertiary/aromatic N) is 1. The number of likely N-dealkylation sites (N-methyl/N-ethyl adjacent to an activating group) is 1. The zero-order valence-corrected chi connectivity index (χ0v) is 11.1. The Morgan fingerprint density at radius 1 is 1.39 bits per heavy atom. The van der Waals surface area contributed by atoms with Crippen LogP contribution in [0.15, 0.2) is 0 Å². The fourth-order valence-electron chi connectivity index (χ4n) is 2.68. The van der Waals surface area contributed by atoms with Crippen LogP contribution < -0.4 is 0 Å². The van der Waals surface area contributed by atoms with E-state index in [-0.39, 0.29) is 12.1 Å². The minimum absolute atomic E-state index is 0.00104. The Kier molecular flexibility index (Phi) is 4.09. The minimum Gasteiger partial charge on any atom is -0.464 e. The van der Waals surface area contributed by atoms with E-state index in [0.29, 0.717) is 18.9 Å². The molecule has 0 aromatic carbocycles. The van der Waals surface area contributed by atoms with Crippen LogP contribution in [0.1, 0.15) is 39.0 Å². The van der Waals surface area contributed by atoms with Crippen LogP contribution in [0.3, 0.4) is 0 Å². The highest BCUT2D eigenvalue weighted by Crippen LogP contribution is 2.26. The van der Waals surface area contributed by atoms with Gasteiger partial charge in [0.25, 0.3) is 0 Å². The maximum Gasteiger partial charge on any atom is 0.410 e. The third-order valence-corrected chi connectivity index (χ3v) is 3.82. The summed E-state index contributed by atoms with van der Waals surface area (Å²) in [5.41, 5.74) is 0. The van der Waals surface area contributed by atoms with E-state index in [1.807, 2.05) is 0 Å². The van der Waals surface area contributed by atoms with Crippen LogP contribution >= 0.6 is 0 Å². The number of rotatable bonds is 2. The van der Waals surface area contributed by atoms with Crippen molar-refractivity contribution in [2.24, 2.45) is 5.92 Å². The molecule has 1 saturated carbocycles. The Morgan fingerprint density at radius 3 is 2.78 bits per heavy atom. The van der Waals surface area contributed by atoms with Gasteiger partial charge in [-0.1, -0.05) is 13.3 Å². The van der Waals surface area contributed by atoms with E-state index >= 15 is 0 Å². The largest absolute Gasteiger partial charge is 0.464 e. The number of hydrogen-bond acceptors (Lipinski definition) is 4. The third-order valence-electron chi connectivity index (χ3n) is 3.82. The van der Waals surface area contributed by atoms with Gasteiger partial charge in [0.1, 0.15) is 12.1 Å². The lowest BCUT2D eigenvalue weighted by atomic mass is 9.89. The Labute approximate surface area is 107 Å². The molecule has 5 heteroatoms. The normalized spacial score (nSPS) is 31.9. The van der Waals surface area contributed by atoms with Gasteiger partial charge in [-0.2, -0.15) is 0 Å². The molecule has 1 amide bonds. The second kappa shape index (κ2) is 5.59.